The Hall–Kier alpha value is -0.340. The number of aryl methyl sites for hydroxylation is 3. The van der Waals surface area contributed by atoms with Crippen LogP contribution in [-0.2, 0) is 19.3 Å². The van der Waals surface area contributed by atoms with Gasteiger partial charge in [0.05, 0.1) is 0 Å². The van der Waals surface area contributed by atoms with Crippen molar-refractivity contribution in [2.45, 2.75) is 38.5 Å². The van der Waals surface area contributed by atoms with Gasteiger partial charge in [-0.25, -0.2) is 0 Å². The van der Waals surface area contributed by atoms with E-state index in [1.807, 2.05) is 11.3 Å². The average Bonchev–Trinajstić information content (AvgIpc) is 2.57. The number of hydrogen-bond acceptors (Lipinski definition) is 2. The maximum Gasteiger partial charge on any atom is 0.0434 e. The third-order valence-corrected chi connectivity index (χ3v) is 3.93. The lowest BCUT2D eigenvalue weighted by Gasteiger charge is -2.08. The summed E-state index contributed by atoms with van der Waals surface area (Å²) in [5.41, 5.74) is 1.59. The van der Waals surface area contributed by atoms with Crippen LogP contribution in [0.1, 0.15) is 34.6 Å². The van der Waals surface area contributed by atoms with Crippen molar-refractivity contribution in [2.24, 2.45) is 0 Å². The average molecular weight is 196 g/mol. The Morgan fingerprint density at radius 1 is 1.31 bits per heavy atom. The molecule has 0 unspecified atom stereocenters. The van der Waals surface area contributed by atoms with E-state index in [2.05, 4.69) is 6.07 Å². The van der Waals surface area contributed by atoms with Gasteiger partial charge in [0.25, 0.3) is 0 Å². The first-order valence-corrected chi connectivity index (χ1v) is 5.93. The molecule has 0 bridgehead atoms. The molecule has 0 fully saturated rings. The Kier molecular flexibility index (Phi) is 3.01. The van der Waals surface area contributed by atoms with Crippen LogP contribution in [-0.4, -0.2) is 11.7 Å². The van der Waals surface area contributed by atoms with Gasteiger partial charge in [-0.05, 0) is 50.2 Å². The minimum absolute atomic E-state index is 0.322. The van der Waals surface area contributed by atoms with Gasteiger partial charge >= 0.3 is 0 Å². The quantitative estimate of drug-likeness (QED) is 0.787. The van der Waals surface area contributed by atoms with Gasteiger partial charge in [0.1, 0.15) is 0 Å². The lowest BCUT2D eigenvalue weighted by molar-refractivity contribution is 0.289. The second-order valence-corrected chi connectivity index (χ2v) is 4.92. The van der Waals surface area contributed by atoms with Crippen molar-refractivity contribution in [3.05, 3.63) is 21.4 Å². The van der Waals surface area contributed by atoms with E-state index in [9.17, 15) is 0 Å². The summed E-state index contributed by atoms with van der Waals surface area (Å²) in [6.45, 7) is 0.322. The molecule has 1 nitrogen and oxygen atoms in total. The van der Waals surface area contributed by atoms with Crippen LogP contribution in [0.4, 0.5) is 0 Å². The Morgan fingerprint density at radius 3 is 2.92 bits per heavy atom. The molecule has 0 spiro atoms. The number of rotatable bonds is 3. The molecular weight excluding hydrogens is 180 g/mol. The van der Waals surface area contributed by atoms with Gasteiger partial charge in [0.2, 0.25) is 0 Å². The predicted octanol–water partition coefficient (Wildman–Crippen LogP) is 2.55. The van der Waals surface area contributed by atoms with Gasteiger partial charge < -0.3 is 5.11 Å². The van der Waals surface area contributed by atoms with E-state index in [0.717, 1.165) is 12.8 Å². The molecular formula is C11H16OS. The molecule has 0 saturated carbocycles. The standard InChI is InChI=1S/C11H16OS/c12-7-3-5-10-8-9-4-1-2-6-11(9)13-10/h8,12H,1-7H2. The Labute approximate surface area is 83.4 Å². The summed E-state index contributed by atoms with van der Waals surface area (Å²) < 4.78 is 0. The highest BCUT2D eigenvalue weighted by molar-refractivity contribution is 7.12. The number of thiophene rings is 1. The first-order valence-electron chi connectivity index (χ1n) is 5.11. The fraction of sp³-hybridized carbons (Fsp3) is 0.636. The second-order valence-electron chi connectivity index (χ2n) is 3.70. The zero-order valence-electron chi connectivity index (χ0n) is 7.88. The molecule has 0 saturated heterocycles. The van der Waals surface area contributed by atoms with Crippen molar-refractivity contribution in [3.8, 4) is 0 Å². The molecule has 1 heterocycles. The maximum absolute atomic E-state index is 8.74. The zero-order valence-corrected chi connectivity index (χ0v) is 8.70. The topological polar surface area (TPSA) is 20.2 Å². The van der Waals surface area contributed by atoms with E-state index in [-0.39, 0.29) is 0 Å². The first-order chi connectivity index (χ1) is 6.40. The van der Waals surface area contributed by atoms with Crippen molar-refractivity contribution >= 4 is 11.3 Å². The number of fused-ring (bicyclic) bond motifs is 1. The molecule has 13 heavy (non-hydrogen) atoms. The van der Waals surface area contributed by atoms with Crippen LogP contribution in [0.2, 0.25) is 0 Å². The molecule has 1 aromatic rings. The van der Waals surface area contributed by atoms with Gasteiger partial charge in [0, 0.05) is 16.4 Å². The molecule has 2 heteroatoms. The third kappa shape index (κ3) is 2.12. The van der Waals surface area contributed by atoms with Gasteiger partial charge in [-0.3, -0.25) is 0 Å². The van der Waals surface area contributed by atoms with Crippen LogP contribution >= 0.6 is 11.3 Å². The van der Waals surface area contributed by atoms with E-state index >= 15 is 0 Å². The summed E-state index contributed by atoms with van der Waals surface area (Å²) in [5, 5.41) is 8.74. The molecule has 1 N–H and O–H groups in total. The van der Waals surface area contributed by atoms with Gasteiger partial charge in [-0.1, -0.05) is 0 Å². The summed E-state index contributed by atoms with van der Waals surface area (Å²) in [6.07, 6.45) is 7.29. The van der Waals surface area contributed by atoms with Crippen LogP contribution in [0.25, 0.3) is 0 Å². The predicted molar refractivity (Wildman–Crippen MR) is 56.4 cm³/mol. The van der Waals surface area contributed by atoms with E-state index < -0.39 is 0 Å². The van der Waals surface area contributed by atoms with Crippen LogP contribution in [0, 0.1) is 0 Å². The number of aliphatic hydroxyl groups excluding tert-OH is 1. The normalized spacial score (nSPS) is 15.8. The lowest BCUT2D eigenvalue weighted by Crippen LogP contribution is -1.96. The molecule has 2 rings (SSSR count). The fourth-order valence-corrected chi connectivity index (χ4v) is 3.23. The Bertz CT molecular complexity index is 254. The largest absolute Gasteiger partial charge is 0.396 e. The maximum atomic E-state index is 8.74. The van der Waals surface area contributed by atoms with E-state index in [4.69, 9.17) is 5.11 Å². The van der Waals surface area contributed by atoms with E-state index in [0.29, 0.717) is 6.61 Å². The highest BCUT2D eigenvalue weighted by atomic mass is 32.1. The van der Waals surface area contributed by atoms with Gasteiger partial charge in [-0.15, -0.1) is 11.3 Å². The minimum atomic E-state index is 0.322. The summed E-state index contributed by atoms with van der Waals surface area (Å²) in [5.74, 6) is 0. The molecule has 0 amide bonds. The first kappa shape index (κ1) is 9.22. The van der Waals surface area contributed by atoms with E-state index in [1.165, 1.54) is 30.6 Å². The molecule has 1 aliphatic carbocycles. The van der Waals surface area contributed by atoms with Crippen molar-refractivity contribution in [2.75, 3.05) is 6.61 Å². The smallest absolute Gasteiger partial charge is 0.0434 e. The molecule has 72 valence electrons. The molecule has 0 aromatic carbocycles. The summed E-state index contributed by atoms with van der Waals surface area (Å²) >= 11 is 1.96. The van der Waals surface area contributed by atoms with E-state index in [1.54, 1.807) is 10.4 Å². The zero-order chi connectivity index (χ0) is 9.10. The molecule has 1 aromatic heterocycles. The van der Waals surface area contributed by atoms with Gasteiger partial charge in [0.15, 0.2) is 0 Å². The molecule has 0 atom stereocenters. The van der Waals surface area contributed by atoms with Crippen LogP contribution in [0.3, 0.4) is 0 Å². The third-order valence-electron chi connectivity index (χ3n) is 2.63. The Morgan fingerprint density at radius 2 is 2.15 bits per heavy atom. The summed E-state index contributed by atoms with van der Waals surface area (Å²) in [4.78, 5) is 3.08. The van der Waals surface area contributed by atoms with Crippen molar-refractivity contribution in [3.63, 3.8) is 0 Å². The second kappa shape index (κ2) is 4.25. The number of aliphatic hydroxyl groups is 1. The minimum Gasteiger partial charge on any atom is -0.396 e. The number of hydrogen-bond donors (Lipinski definition) is 1. The molecule has 0 radical (unpaired) electrons. The fourth-order valence-electron chi connectivity index (χ4n) is 1.93. The van der Waals surface area contributed by atoms with Crippen molar-refractivity contribution < 1.29 is 5.11 Å². The van der Waals surface area contributed by atoms with Crippen molar-refractivity contribution in [1.29, 1.82) is 0 Å². The highest BCUT2D eigenvalue weighted by Crippen LogP contribution is 2.30. The van der Waals surface area contributed by atoms with Crippen molar-refractivity contribution in [1.82, 2.24) is 0 Å². The Balaban J connectivity index is 2.07. The van der Waals surface area contributed by atoms with Crippen LogP contribution in [0.5, 0.6) is 0 Å². The van der Waals surface area contributed by atoms with Crippen LogP contribution in [0.15, 0.2) is 6.07 Å². The monoisotopic (exact) mass is 196 g/mol. The summed E-state index contributed by atoms with van der Waals surface area (Å²) in [7, 11) is 0. The summed E-state index contributed by atoms with van der Waals surface area (Å²) in [6, 6.07) is 2.36. The SMILES string of the molecule is OCCCc1cc2c(s1)CCCC2. The van der Waals surface area contributed by atoms with Gasteiger partial charge in [-0.2, -0.15) is 0 Å². The molecule has 1 aliphatic rings. The van der Waals surface area contributed by atoms with Crippen LogP contribution < -0.4 is 0 Å². The lowest BCUT2D eigenvalue weighted by atomic mass is 9.99. The highest BCUT2D eigenvalue weighted by Gasteiger charge is 2.12. The molecule has 0 aliphatic heterocycles.